The van der Waals surface area contributed by atoms with Crippen molar-refractivity contribution < 1.29 is 19.4 Å². The minimum Gasteiger partial charge on any atom is -0.466 e. The van der Waals surface area contributed by atoms with E-state index in [0.29, 0.717) is 13.0 Å². The number of benzene rings is 1. The highest BCUT2D eigenvalue weighted by Gasteiger charge is 2.67. The Hall–Kier alpha value is -1.92. The summed E-state index contributed by atoms with van der Waals surface area (Å²) in [7, 11) is 0. The van der Waals surface area contributed by atoms with Gasteiger partial charge in [0.2, 0.25) is 5.91 Å². The molecule has 1 aromatic rings. The number of fused-ring (bicyclic) bond motifs is 1. The highest BCUT2D eigenvalue weighted by molar-refractivity contribution is 5.84. The summed E-state index contributed by atoms with van der Waals surface area (Å²) in [5, 5.41) is 10.1. The van der Waals surface area contributed by atoms with Gasteiger partial charge in [0.05, 0.1) is 18.6 Å². The highest BCUT2D eigenvalue weighted by Crippen LogP contribution is 2.60. The van der Waals surface area contributed by atoms with Gasteiger partial charge in [0.25, 0.3) is 0 Å². The molecule has 2 aliphatic carbocycles. The predicted molar refractivity (Wildman–Crippen MR) is 87.4 cm³/mol. The molecule has 6 atom stereocenters. The first-order valence-corrected chi connectivity index (χ1v) is 8.49. The highest BCUT2D eigenvalue weighted by atomic mass is 16.5. The number of carbonyl (C=O) groups is 2. The molecule has 2 fully saturated rings. The Balaban J connectivity index is 1.55. The van der Waals surface area contributed by atoms with E-state index < -0.39 is 6.10 Å². The molecule has 3 rings (SSSR count). The molecule has 6 heteroatoms. The van der Waals surface area contributed by atoms with Crippen molar-refractivity contribution in [1.29, 1.82) is 0 Å². The Labute approximate surface area is 141 Å². The predicted octanol–water partition coefficient (Wildman–Crippen LogP) is 1.17. The Bertz CT molecular complexity index is 606. The standard InChI is InChI=1S/C18H24N2O4/c1-3-24-18(23)16-14-12(9-13(21)15(14)16)17(22)20-19-10(2)11-7-5-4-6-8-11/h4-8,10,12-16,19,21H,3,9H2,1-2H3,(H,20,22)/t10-,12?,13?,14?,15?,16?/m1/s1. The molecule has 0 aromatic heterocycles. The summed E-state index contributed by atoms with van der Waals surface area (Å²) in [4.78, 5) is 24.4. The zero-order valence-electron chi connectivity index (χ0n) is 13.9. The Kier molecular flexibility index (Phi) is 4.87. The van der Waals surface area contributed by atoms with E-state index >= 15 is 0 Å². The molecule has 0 saturated heterocycles. The van der Waals surface area contributed by atoms with Gasteiger partial charge < -0.3 is 9.84 Å². The summed E-state index contributed by atoms with van der Waals surface area (Å²) >= 11 is 0. The minimum atomic E-state index is -0.605. The van der Waals surface area contributed by atoms with Crippen LogP contribution in [0.2, 0.25) is 0 Å². The zero-order valence-corrected chi connectivity index (χ0v) is 13.9. The number of esters is 1. The second kappa shape index (κ2) is 6.91. The number of ether oxygens (including phenoxy) is 1. The average molecular weight is 332 g/mol. The summed E-state index contributed by atoms with van der Waals surface area (Å²) in [5.41, 5.74) is 6.81. The van der Waals surface area contributed by atoms with Crippen LogP contribution in [0.3, 0.4) is 0 Å². The smallest absolute Gasteiger partial charge is 0.309 e. The number of hydrogen-bond acceptors (Lipinski definition) is 5. The molecule has 130 valence electrons. The molecule has 1 aromatic carbocycles. The first-order chi connectivity index (χ1) is 11.5. The maximum absolute atomic E-state index is 12.5. The number of aliphatic hydroxyl groups excluding tert-OH is 1. The van der Waals surface area contributed by atoms with Crippen molar-refractivity contribution in [2.45, 2.75) is 32.4 Å². The monoisotopic (exact) mass is 332 g/mol. The third-order valence-electron chi connectivity index (χ3n) is 5.14. The van der Waals surface area contributed by atoms with Crippen LogP contribution in [-0.4, -0.2) is 29.7 Å². The van der Waals surface area contributed by atoms with E-state index in [1.165, 1.54) is 0 Å². The van der Waals surface area contributed by atoms with Crippen LogP contribution < -0.4 is 10.9 Å². The Morgan fingerprint density at radius 2 is 2.00 bits per heavy atom. The van der Waals surface area contributed by atoms with Gasteiger partial charge in [0, 0.05) is 17.9 Å². The van der Waals surface area contributed by atoms with Crippen LogP contribution in [-0.2, 0) is 14.3 Å². The summed E-state index contributed by atoms with van der Waals surface area (Å²) < 4.78 is 5.04. The van der Waals surface area contributed by atoms with Gasteiger partial charge in [-0.25, -0.2) is 5.43 Å². The summed E-state index contributed by atoms with van der Waals surface area (Å²) in [6.45, 7) is 4.03. The molecular weight excluding hydrogens is 308 g/mol. The van der Waals surface area contributed by atoms with Crippen molar-refractivity contribution >= 4 is 11.9 Å². The third kappa shape index (κ3) is 3.16. The second-order valence-corrected chi connectivity index (χ2v) is 6.61. The molecule has 0 aliphatic heterocycles. The lowest BCUT2D eigenvalue weighted by atomic mass is 9.98. The zero-order chi connectivity index (χ0) is 17.3. The molecule has 5 unspecified atom stereocenters. The number of carbonyl (C=O) groups excluding carboxylic acids is 2. The van der Waals surface area contributed by atoms with Crippen LogP contribution in [0.5, 0.6) is 0 Å². The van der Waals surface area contributed by atoms with Crippen LogP contribution >= 0.6 is 0 Å². The van der Waals surface area contributed by atoms with Gasteiger partial charge in [-0.05, 0) is 31.7 Å². The Morgan fingerprint density at radius 1 is 1.29 bits per heavy atom. The lowest BCUT2D eigenvalue weighted by Crippen LogP contribution is -2.43. The van der Waals surface area contributed by atoms with Crippen molar-refractivity contribution in [3.8, 4) is 0 Å². The van der Waals surface area contributed by atoms with Crippen LogP contribution in [0.1, 0.15) is 31.9 Å². The molecule has 0 spiro atoms. The van der Waals surface area contributed by atoms with Crippen molar-refractivity contribution in [2.75, 3.05) is 6.61 Å². The molecule has 24 heavy (non-hydrogen) atoms. The fraction of sp³-hybridized carbons (Fsp3) is 0.556. The van der Waals surface area contributed by atoms with Gasteiger partial charge in [-0.2, -0.15) is 0 Å². The molecule has 0 heterocycles. The SMILES string of the molecule is CCOC(=O)C1C2C(O)CC(C(=O)NN[C@H](C)c3ccccc3)C12. The van der Waals surface area contributed by atoms with E-state index in [4.69, 9.17) is 4.74 Å². The molecule has 2 aliphatic rings. The van der Waals surface area contributed by atoms with Gasteiger partial charge in [-0.3, -0.25) is 15.0 Å². The van der Waals surface area contributed by atoms with Gasteiger partial charge >= 0.3 is 5.97 Å². The molecule has 6 nitrogen and oxygen atoms in total. The van der Waals surface area contributed by atoms with E-state index in [0.717, 1.165) is 5.56 Å². The molecular formula is C18H24N2O4. The van der Waals surface area contributed by atoms with Crippen molar-refractivity contribution in [3.05, 3.63) is 35.9 Å². The second-order valence-electron chi connectivity index (χ2n) is 6.61. The van der Waals surface area contributed by atoms with Gasteiger partial charge in [0.15, 0.2) is 0 Å². The molecule has 0 radical (unpaired) electrons. The van der Waals surface area contributed by atoms with Crippen LogP contribution in [0.15, 0.2) is 30.3 Å². The van der Waals surface area contributed by atoms with Gasteiger partial charge in [-0.15, -0.1) is 0 Å². The fourth-order valence-corrected chi connectivity index (χ4v) is 3.88. The van der Waals surface area contributed by atoms with Crippen LogP contribution in [0.4, 0.5) is 0 Å². The van der Waals surface area contributed by atoms with Crippen LogP contribution in [0, 0.1) is 23.7 Å². The average Bonchev–Trinajstić information content (AvgIpc) is 3.25. The topological polar surface area (TPSA) is 87.7 Å². The van der Waals surface area contributed by atoms with Crippen molar-refractivity contribution in [3.63, 3.8) is 0 Å². The normalized spacial score (nSPS) is 31.9. The van der Waals surface area contributed by atoms with E-state index in [1.807, 2.05) is 37.3 Å². The van der Waals surface area contributed by atoms with Crippen LogP contribution in [0.25, 0.3) is 0 Å². The number of aliphatic hydroxyl groups is 1. The van der Waals surface area contributed by atoms with E-state index in [9.17, 15) is 14.7 Å². The largest absolute Gasteiger partial charge is 0.466 e. The maximum atomic E-state index is 12.5. The number of nitrogens with one attached hydrogen (secondary N) is 2. The summed E-state index contributed by atoms with van der Waals surface area (Å²) in [6.07, 6.45) is -0.204. The molecule has 0 bridgehead atoms. The molecule has 2 saturated carbocycles. The van der Waals surface area contributed by atoms with Crippen molar-refractivity contribution in [2.24, 2.45) is 23.7 Å². The minimum absolute atomic E-state index is 0.0302. The van der Waals surface area contributed by atoms with Gasteiger partial charge in [0.1, 0.15) is 0 Å². The summed E-state index contributed by atoms with van der Waals surface area (Å²) in [6, 6.07) is 9.77. The lowest BCUT2D eigenvalue weighted by molar-refractivity contribution is -0.146. The van der Waals surface area contributed by atoms with Crippen molar-refractivity contribution in [1.82, 2.24) is 10.9 Å². The maximum Gasteiger partial charge on any atom is 0.309 e. The lowest BCUT2D eigenvalue weighted by Gasteiger charge is -2.19. The summed E-state index contributed by atoms with van der Waals surface area (Å²) in [5.74, 6) is -1.39. The number of amides is 1. The number of hydrogen-bond donors (Lipinski definition) is 3. The Morgan fingerprint density at radius 3 is 2.67 bits per heavy atom. The first-order valence-electron chi connectivity index (χ1n) is 8.49. The van der Waals surface area contributed by atoms with E-state index in [1.54, 1.807) is 6.92 Å². The van der Waals surface area contributed by atoms with E-state index in [-0.39, 0.29) is 41.6 Å². The van der Waals surface area contributed by atoms with Gasteiger partial charge in [-0.1, -0.05) is 30.3 Å². The quantitative estimate of drug-likeness (QED) is 0.538. The molecule has 3 N–H and O–H groups in total. The first kappa shape index (κ1) is 16.9. The fourth-order valence-electron chi connectivity index (χ4n) is 3.88. The third-order valence-corrected chi connectivity index (χ3v) is 5.14. The number of hydrazine groups is 1. The molecule has 1 amide bonds. The van der Waals surface area contributed by atoms with E-state index in [2.05, 4.69) is 10.9 Å². The number of rotatable bonds is 6.